The summed E-state index contributed by atoms with van der Waals surface area (Å²) in [7, 11) is 0. The summed E-state index contributed by atoms with van der Waals surface area (Å²) >= 11 is 0. The van der Waals surface area contributed by atoms with Gasteiger partial charge in [-0.1, -0.05) is 49.0 Å². The van der Waals surface area contributed by atoms with Crippen molar-refractivity contribution in [2.45, 2.75) is 52.3 Å². The minimum atomic E-state index is -2.67. The van der Waals surface area contributed by atoms with Crippen molar-refractivity contribution in [1.82, 2.24) is 0 Å². The molecular weight excluding hydrogens is 395 g/mol. The van der Waals surface area contributed by atoms with Crippen molar-refractivity contribution in [2.75, 3.05) is 0 Å². The Kier molecular flexibility index (Phi) is 5.65. The maximum atomic E-state index is 16.4. The van der Waals surface area contributed by atoms with E-state index in [1.165, 1.54) is 12.5 Å². The van der Waals surface area contributed by atoms with Crippen LogP contribution in [0.15, 0.2) is 48.1 Å². The zero-order valence-corrected chi connectivity index (χ0v) is 18.6. The summed E-state index contributed by atoms with van der Waals surface area (Å²) in [5.41, 5.74) is -1.40. The van der Waals surface area contributed by atoms with Gasteiger partial charge in [-0.15, -0.1) is 0 Å². The minimum absolute atomic E-state index is 0.0453. The Balaban J connectivity index is 1.81. The first-order valence-electron chi connectivity index (χ1n) is 11.3. The normalized spacial score (nSPS) is 47.1. The Morgan fingerprint density at radius 3 is 2.42 bits per heavy atom. The number of hydrogen-bond donors (Lipinski definition) is 0. The van der Waals surface area contributed by atoms with E-state index in [9.17, 15) is 14.4 Å². The van der Waals surface area contributed by atoms with Crippen LogP contribution in [0, 0.1) is 41.4 Å². The zero-order valence-electron chi connectivity index (χ0n) is 18.6. The van der Waals surface area contributed by atoms with Crippen molar-refractivity contribution in [3.05, 3.63) is 48.1 Å². The molecule has 2 bridgehead atoms. The molecule has 0 amide bonds. The van der Waals surface area contributed by atoms with Gasteiger partial charge in [-0.3, -0.25) is 14.4 Å². The molecule has 5 heteroatoms. The van der Waals surface area contributed by atoms with Gasteiger partial charge in [-0.05, 0) is 62.9 Å². The number of fused-ring (bicyclic) bond motifs is 6. The van der Waals surface area contributed by atoms with Gasteiger partial charge in [0, 0.05) is 12.3 Å². The van der Waals surface area contributed by atoms with Gasteiger partial charge in [0.15, 0.2) is 11.6 Å². The first kappa shape index (κ1) is 21.9. The second-order valence-electron chi connectivity index (χ2n) is 9.84. The van der Waals surface area contributed by atoms with E-state index in [-0.39, 0.29) is 36.0 Å². The van der Waals surface area contributed by atoms with Gasteiger partial charge in [0.05, 0.1) is 0 Å². The number of halogens is 1. The van der Waals surface area contributed by atoms with Crippen LogP contribution in [0.4, 0.5) is 4.39 Å². The van der Waals surface area contributed by atoms with Crippen molar-refractivity contribution < 1.29 is 23.5 Å². The molecule has 9 atom stereocenters. The molecule has 4 nitrogen and oxygen atoms in total. The number of ketones is 2. The lowest BCUT2D eigenvalue weighted by molar-refractivity contribution is -0.163. The van der Waals surface area contributed by atoms with Crippen LogP contribution in [0.25, 0.3) is 0 Å². The van der Waals surface area contributed by atoms with E-state index in [0.29, 0.717) is 0 Å². The molecule has 4 rings (SSSR count). The molecule has 3 aliphatic carbocycles. The average molecular weight is 427 g/mol. The minimum Gasteiger partial charge on any atom is -0.458 e. The van der Waals surface area contributed by atoms with Crippen molar-refractivity contribution in [1.29, 1.82) is 0 Å². The average Bonchev–Trinajstić information content (AvgIpc) is 2.71. The van der Waals surface area contributed by atoms with E-state index in [0.717, 1.165) is 6.42 Å². The number of carbonyl (C=O) groups excluding carboxylic acids is 3. The predicted octanol–water partition coefficient (Wildman–Crippen LogP) is 4.57. The summed E-state index contributed by atoms with van der Waals surface area (Å²) in [5, 5.41) is 0. The number of ether oxygens (including phenoxy) is 1. The van der Waals surface area contributed by atoms with E-state index >= 15 is 4.39 Å². The number of rotatable bonds is 0. The number of cyclic esters (lactones) is 1. The second-order valence-corrected chi connectivity index (χ2v) is 9.84. The smallest absolute Gasteiger partial charge is 0.316 e. The molecule has 0 aromatic rings. The molecule has 4 aliphatic rings. The van der Waals surface area contributed by atoms with Crippen LogP contribution in [0.2, 0.25) is 0 Å². The van der Waals surface area contributed by atoms with Crippen molar-refractivity contribution in [3.63, 3.8) is 0 Å². The van der Waals surface area contributed by atoms with Gasteiger partial charge in [-0.2, -0.15) is 0 Å². The fourth-order valence-corrected chi connectivity index (χ4v) is 6.17. The van der Waals surface area contributed by atoms with E-state index in [4.69, 9.17) is 4.74 Å². The third-order valence-corrected chi connectivity index (χ3v) is 7.61. The molecule has 1 heterocycles. The molecule has 1 aliphatic heterocycles. The summed E-state index contributed by atoms with van der Waals surface area (Å²) in [6, 6.07) is 0. The summed E-state index contributed by atoms with van der Waals surface area (Å²) in [6.45, 7) is 7.19. The van der Waals surface area contributed by atoms with Crippen LogP contribution in [-0.2, 0) is 19.1 Å². The molecule has 0 aromatic heterocycles. The number of Topliss-reactive ketones (excluding diaryl/α,β-unsaturated/α-hetero) is 2. The van der Waals surface area contributed by atoms with Gasteiger partial charge in [0.1, 0.15) is 12.0 Å². The Labute approximate surface area is 183 Å². The second kappa shape index (κ2) is 7.99. The molecule has 0 saturated heterocycles. The van der Waals surface area contributed by atoms with Gasteiger partial charge in [0.25, 0.3) is 0 Å². The molecule has 1 saturated carbocycles. The van der Waals surface area contributed by atoms with Crippen LogP contribution in [0.1, 0.15) is 40.5 Å². The van der Waals surface area contributed by atoms with E-state index in [2.05, 4.69) is 32.1 Å². The molecule has 0 spiro atoms. The summed E-state index contributed by atoms with van der Waals surface area (Å²) in [6.07, 6.45) is 13.7. The molecule has 1 fully saturated rings. The number of esters is 1. The Morgan fingerprint density at radius 1 is 0.968 bits per heavy atom. The summed E-state index contributed by atoms with van der Waals surface area (Å²) in [4.78, 5) is 39.4. The molecule has 166 valence electrons. The van der Waals surface area contributed by atoms with Gasteiger partial charge in [0.2, 0.25) is 5.67 Å². The molecule has 0 aromatic carbocycles. The third-order valence-electron chi connectivity index (χ3n) is 7.61. The Morgan fingerprint density at radius 2 is 1.68 bits per heavy atom. The van der Waals surface area contributed by atoms with Crippen LogP contribution in [0.3, 0.4) is 0 Å². The van der Waals surface area contributed by atoms with Gasteiger partial charge < -0.3 is 4.74 Å². The predicted molar refractivity (Wildman–Crippen MR) is 116 cm³/mol. The maximum Gasteiger partial charge on any atom is 0.316 e. The Hall–Kier alpha value is -2.30. The SMILES string of the molecule is CC1=C[C@@H](C)[C@H]2[C@@H]3C(=O)[C@@]4(F)C[C@H](/C=C\C=C\[C@H](C)OC(=O)[C@@H](C)C4=O)[C@@H]3C=C[C@@H]2C1. The van der Waals surface area contributed by atoms with Crippen LogP contribution in [-0.4, -0.2) is 29.3 Å². The fourth-order valence-electron chi connectivity index (χ4n) is 6.17. The number of hydrogen-bond acceptors (Lipinski definition) is 4. The first-order chi connectivity index (χ1) is 14.6. The highest BCUT2D eigenvalue weighted by atomic mass is 19.1. The van der Waals surface area contributed by atoms with Gasteiger partial charge in [-0.25, -0.2) is 4.39 Å². The largest absolute Gasteiger partial charge is 0.458 e. The monoisotopic (exact) mass is 426 g/mol. The van der Waals surface area contributed by atoms with E-state index in [1.807, 2.05) is 12.2 Å². The van der Waals surface area contributed by atoms with Crippen molar-refractivity contribution >= 4 is 17.5 Å². The Bertz CT molecular complexity index is 912. The lowest BCUT2D eigenvalue weighted by Gasteiger charge is -2.50. The maximum absolute atomic E-state index is 16.4. The van der Waals surface area contributed by atoms with Gasteiger partial charge >= 0.3 is 5.97 Å². The zero-order chi connectivity index (χ0) is 22.5. The van der Waals surface area contributed by atoms with Crippen molar-refractivity contribution in [3.8, 4) is 0 Å². The van der Waals surface area contributed by atoms with Crippen LogP contribution in [0.5, 0.6) is 0 Å². The molecule has 0 N–H and O–H groups in total. The standard InChI is InChI=1S/C26H31FO4/c1-14-11-15(2)21-18(12-14)9-10-20-19-8-6-5-7-16(3)31-25(30)17(4)23(28)26(27,13-19)24(29)22(20)21/h5-11,15-22H,12-13H2,1-4H3/b7-5+,8-6-/t15-,16+,17+,18-,19+,20+,21-,22-,26-/m1/s1. The molecular formula is C26H31FO4. The quantitative estimate of drug-likeness (QED) is 0.323. The number of alkyl halides is 1. The van der Waals surface area contributed by atoms with Crippen molar-refractivity contribution in [2.24, 2.45) is 41.4 Å². The third kappa shape index (κ3) is 3.66. The number of carbonyl (C=O) groups is 3. The first-order valence-corrected chi connectivity index (χ1v) is 11.3. The fraction of sp³-hybridized carbons (Fsp3) is 0.577. The highest BCUT2D eigenvalue weighted by Gasteiger charge is 2.61. The number of allylic oxidation sites excluding steroid dienone is 7. The lowest BCUT2D eigenvalue weighted by Crippen LogP contribution is -2.60. The van der Waals surface area contributed by atoms with Crippen LogP contribution < -0.4 is 0 Å². The highest BCUT2D eigenvalue weighted by Crippen LogP contribution is 2.54. The highest BCUT2D eigenvalue weighted by molar-refractivity contribution is 6.17. The van der Waals surface area contributed by atoms with E-state index in [1.54, 1.807) is 19.1 Å². The summed E-state index contributed by atoms with van der Waals surface area (Å²) < 4.78 is 21.7. The molecule has 31 heavy (non-hydrogen) atoms. The topological polar surface area (TPSA) is 60.4 Å². The lowest BCUT2D eigenvalue weighted by atomic mass is 9.52. The molecule has 0 radical (unpaired) electrons. The molecule has 0 unspecified atom stereocenters. The van der Waals surface area contributed by atoms with Crippen LogP contribution >= 0.6 is 0 Å². The van der Waals surface area contributed by atoms with E-state index < -0.39 is 41.1 Å². The summed E-state index contributed by atoms with van der Waals surface area (Å²) in [5.74, 6) is -4.52.